The number of hydrogen-bond acceptors (Lipinski definition) is 5. The fourth-order valence-electron chi connectivity index (χ4n) is 3.70. The number of fused-ring (bicyclic) bond motifs is 1. The van der Waals surface area contributed by atoms with Gasteiger partial charge in [-0.05, 0) is 55.3 Å². The average Bonchev–Trinajstić information content (AvgIpc) is 3.06. The Labute approximate surface area is 201 Å². The number of hydrogen-bond donors (Lipinski definition) is 1. The van der Waals surface area contributed by atoms with Crippen LogP contribution in [0.4, 0.5) is 5.82 Å². The van der Waals surface area contributed by atoms with Crippen molar-refractivity contribution >= 4 is 40.2 Å². The zero-order valence-corrected chi connectivity index (χ0v) is 19.4. The zero-order valence-electron chi connectivity index (χ0n) is 18.6. The van der Waals surface area contributed by atoms with E-state index in [4.69, 9.17) is 16.3 Å². The van der Waals surface area contributed by atoms with E-state index < -0.39 is 18.5 Å². The van der Waals surface area contributed by atoms with Crippen molar-refractivity contribution in [3.63, 3.8) is 0 Å². The molecule has 2 heterocycles. The van der Waals surface area contributed by atoms with Gasteiger partial charge in [-0.1, -0.05) is 41.9 Å². The molecule has 0 aliphatic rings. The summed E-state index contributed by atoms with van der Waals surface area (Å²) in [6, 6.07) is 20.2. The van der Waals surface area contributed by atoms with E-state index in [1.165, 1.54) is 0 Å². The van der Waals surface area contributed by atoms with Gasteiger partial charge in [0.1, 0.15) is 17.0 Å². The number of halogens is 1. The minimum absolute atomic E-state index is 0.293. The number of amides is 1. The first-order valence-corrected chi connectivity index (χ1v) is 10.9. The van der Waals surface area contributed by atoms with Crippen LogP contribution in [-0.4, -0.2) is 28.0 Å². The number of ether oxygens (including phenoxy) is 1. The number of anilines is 1. The largest absolute Gasteiger partial charge is 0.452 e. The standard InChI is InChI=1S/C26H21ClN4O3/c1-16-17(2)31(14-18-6-4-3-5-7-18)25(21(16)13-28)30-24(32)15-34-26(33)20-8-10-22-19(12-20)9-11-23(27)29-22/h3-12H,14-15H2,1-2H3,(H,30,32). The molecule has 4 aromatic rings. The number of nitriles is 1. The highest BCUT2D eigenvalue weighted by Gasteiger charge is 2.20. The molecule has 0 bridgehead atoms. The van der Waals surface area contributed by atoms with E-state index in [1.54, 1.807) is 30.3 Å². The molecular formula is C26H21ClN4O3. The van der Waals surface area contributed by atoms with Gasteiger partial charge in [-0.25, -0.2) is 9.78 Å². The van der Waals surface area contributed by atoms with E-state index in [2.05, 4.69) is 16.4 Å². The van der Waals surface area contributed by atoms with Crippen LogP contribution in [0.1, 0.15) is 32.7 Å². The first-order valence-electron chi connectivity index (χ1n) is 10.5. The van der Waals surface area contributed by atoms with Gasteiger partial charge in [0.05, 0.1) is 16.6 Å². The summed E-state index contributed by atoms with van der Waals surface area (Å²) in [5, 5.41) is 13.5. The highest BCUT2D eigenvalue weighted by molar-refractivity contribution is 6.29. The quantitative estimate of drug-likeness (QED) is 0.314. The molecular weight excluding hydrogens is 452 g/mol. The Kier molecular flexibility index (Phi) is 6.62. The molecule has 34 heavy (non-hydrogen) atoms. The number of pyridine rings is 1. The van der Waals surface area contributed by atoms with Crippen LogP contribution < -0.4 is 5.32 Å². The lowest BCUT2D eigenvalue weighted by Gasteiger charge is -2.13. The predicted octanol–water partition coefficient (Wildman–Crippen LogP) is 5.02. The molecule has 0 unspecified atom stereocenters. The molecule has 0 saturated heterocycles. The molecule has 7 nitrogen and oxygen atoms in total. The van der Waals surface area contributed by atoms with Crippen molar-refractivity contribution in [3.8, 4) is 6.07 Å². The third kappa shape index (κ3) is 4.77. The number of rotatable bonds is 6. The molecule has 0 aliphatic heterocycles. The van der Waals surface area contributed by atoms with Gasteiger partial charge in [-0.3, -0.25) is 4.79 Å². The van der Waals surface area contributed by atoms with E-state index in [9.17, 15) is 14.9 Å². The van der Waals surface area contributed by atoms with Crippen molar-refractivity contribution in [2.75, 3.05) is 11.9 Å². The summed E-state index contributed by atoms with van der Waals surface area (Å²) in [6.07, 6.45) is 0. The topological polar surface area (TPSA) is 97.0 Å². The molecule has 8 heteroatoms. The Hall–Kier alpha value is -4.15. The van der Waals surface area contributed by atoms with E-state index in [1.807, 2.05) is 48.7 Å². The Morgan fingerprint density at radius 2 is 1.88 bits per heavy atom. The van der Waals surface area contributed by atoms with Crippen LogP contribution in [0.3, 0.4) is 0 Å². The molecule has 0 spiro atoms. The summed E-state index contributed by atoms with van der Waals surface area (Å²) in [4.78, 5) is 29.3. The van der Waals surface area contributed by atoms with Crippen LogP contribution in [-0.2, 0) is 16.1 Å². The van der Waals surface area contributed by atoms with Crippen LogP contribution in [0.5, 0.6) is 0 Å². The van der Waals surface area contributed by atoms with E-state index in [0.29, 0.717) is 34.2 Å². The molecule has 0 radical (unpaired) electrons. The van der Waals surface area contributed by atoms with Crippen molar-refractivity contribution in [1.82, 2.24) is 9.55 Å². The van der Waals surface area contributed by atoms with Crippen molar-refractivity contribution in [3.05, 3.63) is 93.8 Å². The first kappa shape index (κ1) is 23.0. The first-order chi connectivity index (χ1) is 16.4. The van der Waals surface area contributed by atoms with Crippen LogP contribution in [0.15, 0.2) is 60.7 Å². The van der Waals surface area contributed by atoms with Crippen molar-refractivity contribution < 1.29 is 14.3 Å². The highest BCUT2D eigenvalue weighted by atomic mass is 35.5. The van der Waals surface area contributed by atoms with Gasteiger partial charge in [-0.15, -0.1) is 0 Å². The molecule has 2 aromatic carbocycles. The molecule has 0 saturated carbocycles. The number of nitrogens with one attached hydrogen (secondary N) is 1. The molecule has 4 rings (SSSR count). The fourth-order valence-corrected chi connectivity index (χ4v) is 3.86. The lowest BCUT2D eigenvalue weighted by Crippen LogP contribution is -2.23. The number of esters is 1. The molecule has 1 N–H and O–H groups in total. The Bertz CT molecular complexity index is 1440. The minimum Gasteiger partial charge on any atom is -0.452 e. The van der Waals surface area contributed by atoms with E-state index in [0.717, 1.165) is 22.2 Å². The zero-order chi connectivity index (χ0) is 24.2. The maximum atomic E-state index is 12.7. The minimum atomic E-state index is -0.639. The lowest BCUT2D eigenvalue weighted by molar-refractivity contribution is -0.119. The molecule has 170 valence electrons. The number of nitrogens with zero attached hydrogens (tertiary/aromatic N) is 3. The number of aromatic nitrogens is 2. The van der Waals surface area contributed by atoms with Gasteiger partial charge in [0, 0.05) is 17.6 Å². The monoisotopic (exact) mass is 472 g/mol. The maximum Gasteiger partial charge on any atom is 0.338 e. The summed E-state index contributed by atoms with van der Waals surface area (Å²) in [6.45, 7) is 3.73. The Morgan fingerprint density at radius 3 is 2.62 bits per heavy atom. The number of benzene rings is 2. The van der Waals surface area contributed by atoms with Gasteiger partial charge >= 0.3 is 5.97 Å². The fraction of sp³-hybridized carbons (Fsp3) is 0.154. The van der Waals surface area contributed by atoms with Gasteiger partial charge < -0.3 is 14.6 Å². The van der Waals surface area contributed by atoms with E-state index in [-0.39, 0.29) is 0 Å². The molecule has 0 fully saturated rings. The smallest absolute Gasteiger partial charge is 0.338 e. The third-order valence-corrected chi connectivity index (χ3v) is 5.82. The van der Waals surface area contributed by atoms with Crippen molar-refractivity contribution in [2.45, 2.75) is 20.4 Å². The summed E-state index contributed by atoms with van der Waals surface area (Å²) >= 11 is 5.89. The summed E-state index contributed by atoms with van der Waals surface area (Å²) in [5.41, 5.74) is 4.01. The second kappa shape index (κ2) is 9.77. The Balaban J connectivity index is 1.48. The van der Waals surface area contributed by atoms with Crippen LogP contribution >= 0.6 is 11.6 Å². The van der Waals surface area contributed by atoms with Crippen molar-refractivity contribution in [1.29, 1.82) is 5.26 Å². The summed E-state index contributed by atoms with van der Waals surface area (Å²) in [7, 11) is 0. The lowest BCUT2D eigenvalue weighted by atomic mass is 10.1. The summed E-state index contributed by atoms with van der Waals surface area (Å²) < 4.78 is 7.09. The molecule has 0 atom stereocenters. The SMILES string of the molecule is Cc1c(C#N)c(NC(=O)COC(=O)c2ccc3nc(Cl)ccc3c2)n(Cc2ccccc2)c1C. The van der Waals surface area contributed by atoms with E-state index >= 15 is 0 Å². The van der Waals surface area contributed by atoms with Gasteiger partial charge in [0.15, 0.2) is 6.61 Å². The molecule has 2 aromatic heterocycles. The van der Waals surface area contributed by atoms with Crippen LogP contribution in [0, 0.1) is 25.2 Å². The normalized spacial score (nSPS) is 10.6. The van der Waals surface area contributed by atoms with Gasteiger partial charge in [0.2, 0.25) is 0 Å². The number of carbonyl (C=O) groups excluding carboxylic acids is 2. The van der Waals surface area contributed by atoms with Crippen LogP contribution in [0.2, 0.25) is 5.15 Å². The van der Waals surface area contributed by atoms with Gasteiger partial charge in [0.25, 0.3) is 5.91 Å². The van der Waals surface area contributed by atoms with Crippen molar-refractivity contribution in [2.24, 2.45) is 0 Å². The second-order valence-electron chi connectivity index (χ2n) is 7.78. The maximum absolute atomic E-state index is 12.7. The van der Waals surface area contributed by atoms with Gasteiger partial charge in [-0.2, -0.15) is 5.26 Å². The molecule has 1 amide bonds. The van der Waals surface area contributed by atoms with Crippen LogP contribution in [0.25, 0.3) is 10.9 Å². The summed E-state index contributed by atoms with van der Waals surface area (Å²) in [5.74, 6) is -0.790. The number of carbonyl (C=O) groups is 2. The average molecular weight is 473 g/mol. The molecule has 0 aliphatic carbocycles. The predicted molar refractivity (Wildman–Crippen MR) is 130 cm³/mol. The third-order valence-electron chi connectivity index (χ3n) is 5.61. The second-order valence-corrected chi connectivity index (χ2v) is 8.17. The highest BCUT2D eigenvalue weighted by Crippen LogP contribution is 2.27. The Morgan fingerprint density at radius 1 is 1.12 bits per heavy atom.